The van der Waals surface area contributed by atoms with Crippen LogP contribution in [0.1, 0.15) is 29.3 Å². The van der Waals surface area contributed by atoms with E-state index in [1.807, 2.05) is 0 Å². The number of benzene rings is 2. The number of aromatic nitrogens is 3. The molecular formula is C25H18ClFN4O3S. The molecule has 5 rings (SSSR count). The van der Waals surface area contributed by atoms with Crippen LogP contribution in [0.25, 0.3) is 0 Å². The van der Waals surface area contributed by atoms with Gasteiger partial charge in [0.25, 0.3) is 0 Å². The molecular weight excluding hydrogens is 491 g/mol. The lowest BCUT2D eigenvalue weighted by Gasteiger charge is -2.44. The zero-order chi connectivity index (χ0) is 24.6. The highest BCUT2D eigenvalue weighted by atomic mass is 35.5. The van der Waals surface area contributed by atoms with Gasteiger partial charge < -0.3 is 4.74 Å². The Morgan fingerprint density at radius 3 is 2.54 bits per heavy atom. The fraction of sp³-hybridized carbons (Fsp3) is 0.120. The molecule has 4 aromatic rings. The summed E-state index contributed by atoms with van der Waals surface area (Å²) in [5.74, 6) is -1.80. The van der Waals surface area contributed by atoms with Crippen LogP contribution in [0.3, 0.4) is 0 Å². The number of nitrogens with zero attached hydrogens (tertiary/aromatic N) is 3. The summed E-state index contributed by atoms with van der Waals surface area (Å²) in [6.45, 7) is 0. The first-order valence-corrected chi connectivity index (χ1v) is 11.4. The lowest BCUT2D eigenvalue weighted by Crippen LogP contribution is -2.55. The highest BCUT2D eigenvalue weighted by Crippen LogP contribution is 2.47. The lowest BCUT2D eigenvalue weighted by atomic mass is 9.76. The van der Waals surface area contributed by atoms with E-state index in [9.17, 15) is 14.0 Å². The van der Waals surface area contributed by atoms with E-state index in [1.165, 1.54) is 34.8 Å². The Labute approximate surface area is 210 Å². The fourth-order valence-electron chi connectivity index (χ4n) is 4.25. The minimum Gasteiger partial charge on any atom is -0.439 e. The van der Waals surface area contributed by atoms with Crippen molar-refractivity contribution >= 4 is 36.1 Å². The van der Waals surface area contributed by atoms with Gasteiger partial charge in [0, 0.05) is 23.7 Å². The number of amides is 1. The summed E-state index contributed by atoms with van der Waals surface area (Å²) in [5.41, 5.74) is -0.162. The zero-order valence-electron chi connectivity index (χ0n) is 18.1. The number of thiol groups is 1. The topological polar surface area (TPSA) is 88.2 Å². The second-order valence-corrected chi connectivity index (χ2v) is 8.80. The molecule has 0 saturated carbocycles. The molecule has 1 aliphatic heterocycles. The van der Waals surface area contributed by atoms with Gasteiger partial charge in [-0.1, -0.05) is 48.7 Å². The van der Waals surface area contributed by atoms with Crippen LogP contribution >= 0.6 is 24.4 Å². The second-order valence-electron chi connectivity index (χ2n) is 8.00. The maximum atomic E-state index is 13.6. The molecule has 2 aromatic heterocycles. The van der Waals surface area contributed by atoms with Gasteiger partial charge in [0.1, 0.15) is 23.0 Å². The molecule has 0 radical (unpaired) electrons. The third-order valence-electron chi connectivity index (χ3n) is 5.92. The zero-order valence-corrected chi connectivity index (χ0v) is 19.7. The summed E-state index contributed by atoms with van der Waals surface area (Å²) in [6, 6.07) is 18.9. The highest BCUT2D eigenvalue weighted by molar-refractivity contribution is 7.78. The third-order valence-corrected chi connectivity index (χ3v) is 6.80. The predicted octanol–water partition coefficient (Wildman–Crippen LogP) is 5.06. The Balaban J connectivity index is 1.58. The Morgan fingerprint density at radius 2 is 1.83 bits per heavy atom. The van der Waals surface area contributed by atoms with Crippen molar-refractivity contribution in [1.82, 2.24) is 19.5 Å². The maximum Gasteiger partial charge on any atom is 0.248 e. The number of hydrogen-bond donors (Lipinski definition) is 2. The first-order chi connectivity index (χ1) is 16.9. The number of halogens is 2. The Hall–Kier alpha value is -3.69. The molecule has 0 aliphatic carbocycles. The summed E-state index contributed by atoms with van der Waals surface area (Å²) in [4.78, 5) is 31.7. The minimum absolute atomic E-state index is 0.132. The molecule has 2 atom stereocenters. The van der Waals surface area contributed by atoms with Crippen molar-refractivity contribution in [2.45, 2.75) is 17.9 Å². The number of hydrogen-bond acceptors (Lipinski definition) is 6. The van der Waals surface area contributed by atoms with E-state index in [4.69, 9.17) is 16.3 Å². The van der Waals surface area contributed by atoms with Gasteiger partial charge in [-0.2, -0.15) is 5.10 Å². The molecule has 1 aliphatic rings. The Morgan fingerprint density at radius 1 is 1.06 bits per heavy atom. The number of nitrogens with one attached hydrogen (secondary N) is 1. The first kappa shape index (κ1) is 23.1. The van der Waals surface area contributed by atoms with Crippen LogP contribution in [0.2, 0.25) is 5.02 Å². The average Bonchev–Trinajstić information content (AvgIpc) is 3.40. The summed E-state index contributed by atoms with van der Waals surface area (Å²) in [5, 5.41) is 7.21. The van der Waals surface area contributed by atoms with Crippen LogP contribution in [0.15, 0.2) is 79.0 Å². The molecule has 0 bridgehead atoms. The lowest BCUT2D eigenvalue weighted by molar-refractivity contribution is -0.142. The van der Waals surface area contributed by atoms with Gasteiger partial charge in [-0.25, -0.2) is 9.37 Å². The van der Waals surface area contributed by atoms with E-state index < -0.39 is 23.2 Å². The van der Waals surface area contributed by atoms with Gasteiger partial charge in [0.15, 0.2) is 5.78 Å². The van der Waals surface area contributed by atoms with E-state index >= 15 is 0 Å². The summed E-state index contributed by atoms with van der Waals surface area (Å²) in [6.07, 6.45) is 1.39. The van der Waals surface area contributed by atoms with Crippen LogP contribution in [0.4, 0.5) is 4.39 Å². The first-order valence-electron chi connectivity index (χ1n) is 10.6. The summed E-state index contributed by atoms with van der Waals surface area (Å²) < 4.78 is 20.3. The Kier molecular flexibility index (Phi) is 6.04. The molecule has 7 nitrogen and oxygen atoms in total. The monoisotopic (exact) mass is 508 g/mol. The maximum absolute atomic E-state index is 13.6. The number of H-pyrrole nitrogens is 1. The van der Waals surface area contributed by atoms with Crippen LogP contribution in [0.5, 0.6) is 11.6 Å². The van der Waals surface area contributed by atoms with Crippen molar-refractivity contribution in [3.05, 3.63) is 107 Å². The molecule has 0 spiro atoms. The van der Waals surface area contributed by atoms with Crippen LogP contribution in [-0.4, -0.2) is 31.2 Å². The van der Waals surface area contributed by atoms with Gasteiger partial charge >= 0.3 is 0 Å². The molecule has 35 heavy (non-hydrogen) atoms. The van der Waals surface area contributed by atoms with Gasteiger partial charge in [0.05, 0.1) is 11.4 Å². The van der Waals surface area contributed by atoms with Crippen molar-refractivity contribution in [3.63, 3.8) is 0 Å². The van der Waals surface area contributed by atoms with Crippen molar-refractivity contribution < 1.29 is 18.7 Å². The smallest absolute Gasteiger partial charge is 0.248 e. The average molecular weight is 509 g/mol. The molecule has 1 fully saturated rings. The largest absolute Gasteiger partial charge is 0.439 e. The van der Waals surface area contributed by atoms with E-state index in [1.54, 1.807) is 48.5 Å². The molecule has 1 N–H and O–H groups in total. The highest BCUT2D eigenvalue weighted by Gasteiger charge is 2.54. The number of ketones is 1. The van der Waals surface area contributed by atoms with E-state index in [0.717, 1.165) is 0 Å². The van der Waals surface area contributed by atoms with E-state index in [0.29, 0.717) is 27.7 Å². The SMILES string of the molecule is O=C1CC(c2cccc(Oc3ccc(F)cc3)n2)(c2ccn[nH]2)N(S)C(=O)C1c1ccccc1Cl. The summed E-state index contributed by atoms with van der Waals surface area (Å²) in [7, 11) is 0. The van der Waals surface area contributed by atoms with Crippen molar-refractivity contribution in [2.24, 2.45) is 0 Å². The van der Waals surface area contributed by atoms with Gasteiger partial charge in [-0.15, -0.1) is 0 Å². The molecule has 176 valence electrons. The third kappa shape index (κ3) is 4.06. The molecule has 2 aromatic carbocycles. The normalized spacial score (nSPS) is 20.2. The predicted molar refractivity (Wildman–Crippen MR) is 130 cm³/mol. The fourth-order valence-corrected chi connectivity index (χ4v) is 4.89. The number of aromatic amines is 1. The van der Waals surface area contributed by atoms with E-state index in [-0.39, 0.29) is 18.1 Å². The number of rotatable bonds is 5. The molecule has 3 heterocycles. The van der Waals surface area contributed by atoms with Crippen molar-refractivity contribution in [3.8, 4) is 11.6 Å². The van der Waals surface area contributed by atoms with Gasteiger partial charge in [-0.3, -0.25) is 19.0 Å². The molecule has 1 amide bonds. The number of piperidine rings is 1. The van der Waals surface area contributed by atoms with Crippen LogP contribution in [-0.2, 0) is 15.1 Å². The number of ether oxygens (including phenoxy) is 1. The second kappa shape index (κ2) is 9.16. The Bertz CT molecular complexity index is 1400. The molecule has 2 unspecified atom stereocenters. The van der Waals surface area contributed by atoms with Crippen molar-refractivity contribution in [1.29, 1.82) is 0 Å². The van der Waals surface area contributed by atoms with Gasteiger partial charge in [-0.05, 0) is 48.0 Å². The minimum atomic E-state index is -1.38. The van der Waals surface area contributed by atoms with Gasteiger partial charge in [0.2, 0.25) is 11.8 Å². The number of Topliss-reactive ketones (excluding diaryl/α,β-unsaturated/α-hetero) is 1. The van der Waals surface area contributed by atoms with E-state index in [2.05, 4.69) is 28.0 Å². The summed E-state index contributed by atoms with van der Waals surface area (Å²) >= 11 is 10.9. The number of carbonyl (C=O) groups is 2. The number of pyridine rings is 1. The van der Waals surface area contributed by atoms with Crippen LogP contribution in [0, 0.1) is 5.82 Å². The molecule has 10 heteroatoms. The molecule has 1 saturated heterocycles. The quantitative estimate of drug-likeness (QED) is 0.290. The van der Waals surface area contributed by atoms with Crippen LogP contribution < -0.4 is 4.74 Å². The standard InChI is InChI=1S/C25H18ClFN4O3S/c26-18-5-2-1-4-17(18)23-19(32)14-25(31(35)24(23)33,21-12-13-28-30-21)20-6-3-7-22(29-20)34-16-10-8-15(27)9-11-16/h1-13,23,35H,14H2,(H,28,30). The number of carbonyl (C=O) groups excluding carboxylic acids is 2. The van der Waals surface area contributed by atoms with Crippen molar-refractivity contribution in [2.75, 3.05) is 0 Å².